The first kappa shape index (κ1) is 19.5. The number of ether oxygens (including phenoxy) is 1. The van der Waals surface area contributed by atoms with Gasteiger partial charge in [0.2, 0.25) is 5.82 Å². The highest BCUT2D eigenvalue weighted by Crippen LogP contribution is 2.39. The molecule has 0 atom stereocenters. The summed E-state index contributed by atoms with van der Waals surface area (Å²) in [6.07, 6.45) is 4.17. The molecule has 3 aromatic rings. The van der Waals surface area contributed by atoms with Crippen LogP contribution in [-0.2, 0) is 16.2 Å². The van der Waals surface area contributed by atoms with E-state index in [-0.39, 0.29) is 34.8 Å². The summed E-state index contributed by atoms with van der Waals surface area (Å²) in [6.45, 7) is -0.158. The van der Waals surface area contributed by atoms with Gasteiger partial charge in [-0.15, -0.1) is 0 Å². The normalized spacial score (nSPS) is 16.3. The summed E-state index contributed by atoms with van der Waals surface area (Å²) in [4.78, 5) is 30.5. The molecule has 1 aliphatic carbocycles. The monoisotopic (exact) mass is 443 g/mol. The smallest absolute Gasteiger partial charge is 0.264 e. The Morgan fingerprint density at radius 1 is 1.16 bits per heavy atom. The van der Waals surface area contributed by atoms with E-state index in [1.165, 1.54) is 12.3 Å². The van der Waals surface area contributed by atoms with Crippen molar-refractivity contribution >= 4 is 29.1 Å². The van der Waals surface area contributed by atoms with Crippen LogP contribution in [0.15, 0.2) is 50.6 Å². The summed E-state index contributed by atoms with van der Waals surface area (Å²) in [6, 6.07) is 5.60. The molecule has 0 unspecified atom stereocenters. The van der Waals surface area contributed by atoms with Crippen molar-refractivity contribution in [2.24, 2.45) is 0 Å². The molecular formula is C21H15ClFN3O5. The van der Waals surface area contributed by atoms with Crippen molar-refractivity contribution in [3.63, 3.8) is 0 Å². The Morgan fingerprint density at radius 3 is 2.58 bits per heavy atom. The van der Waals surface area contributed by atoms with E-state index in [0.717, 1.165) is 23.8 Å². The summed E-state index contributed by atoms with van der Waals surface area (Å²) >= 11 is 6.11. The van der Waals surface area contributed by atoms with Crippen LogP contribution < -0.4 is 9.64 Å². The van der Waals surface area contributed by atoms with E-state index in [9.17, 15) is 14.0 Å². The van der Waals surface area contributed by atoms with Gasteiger partial charge in [0.05, 0.1) is 17.0 Å². The Bertz CT molecular complexity index is 1190. The van der Waals surface area contributed by atoms with Gasteiger partial charge in [-0.2, -0.15) is 4.98 Å². The molecule has 0 N–H and O–H groups in total. The molecule has 1 aromatic carbocycles. The Labute approximate surface area is 180 Å². The molecule has 10 heteroatoms. The zero-order chi connectivity index (χ0) is 21.5. The van der Waals surface area contributed by atoms with Gasteiger partial charge in [-0.25, -0.2) is 9.29 Å². The number of anilines is 1. The lowest BCUT2D eigenvalue weighted by molar-refractivity contribution is -0.120. The molecule has 0 radical (unpaired) electrons. The molecule has 8 nitrogen and oxygen atoms in total. The molecule has 1 aliphatic heterocycles. The van der Waals surface area contributed by atoms with Gasteiger partial charge >= 0.3 is 0 Å². The Kier molecular flexibility index (Phi) is 4.82. The van der Waals surface area contributed by atoms with Crippen LogP contribution in [0, 0.1) is 5.82 Å². The second-order valence-electron chi connectivity index (χ2n) is 7.12. The maximum absolute atomic E-state index is 14.7. The van der Waals surface area contributed by atoms with Crippen LogP contribution in [0.1, 0.15) is 31.6 Å². The van der Waals surface area contributed by atoms with Gasteiger partial charge in [-0.05, 0) is 43.9 Å². The van der Waals surface area contributed by atoms with E-state index in [4.69, 9.17) is 25.3 Å². The molecule has 0 bridgehead atoms. The number of carbonyl (C=O) groups is 2. The fraction of sp³-hybridized carbons (Fsp3) is 0.238. The molecule has 0 fully saturated rings. The van der Waals surface area contributed by atoms with E-state index in [2.05, 4.69) is 10.1 Å². The molecule has 0 saturated heterocycles. The summed E-state index contributed by atoms with van der Waals surface area (Å²) < 4.78 is 30.6. The first-order valence-corrected chi connectivity index (χ1v) is 10.00. The summed E-state index contributed by atoms with van der Waals surface area (Å²) in [5.74, 6) is -0.894. The number of hydrogen-bond acceptors (Lipinski definition) is 7. The lowest BCUT2D eigenvalue weighted by Gasteiger charge is -2.18. The Balaban J connectivity index is 1.38. The first-order chi connectivity index (χ1) is 15.0. The SMILES string of the molecule is O=C1C2=C(CCCC2)C(=O)N1c1cc(OCc2nc(-c3ccco3)no2)c(Cl)cc1F. The van der Waals surface area contributed by atoms with Crippen LogP contribution in [0.4, 0.5) is 10.1 Å². The van der Waals surface area contributed by atoms with Gasteiger partial charge < -0.3 is 13.7 Å². The minimum atomic E-state index is -0.795. The van der Waals surface area contributed by atoms with Crippen LogP contribution in [0.3, 0.4) is 0 Å². The first-order valence-electron chi connectivity index (χ1n) is 9.62. The van der Waals surface area contributed by atoms with Crippen molar-refractivity contribution in [1.29, 1.82) is 0 Å². The average Bonchev–Trinajstić information content (AvgIpc) is 3.50. The largest absolute Gasteiger partial charge is 0.482 e. The third-order valence-corrected chi connectivity index (χ3v) is 5.49. The van der Waals surface area contributed by atoms with E-state index < -0.39 is 17.6 Å². The lowest BCUT2D eigenvalue weighted by atomic mass is 9.93. The molecule has 0 spiro atoms. The zero-order valence-electron chi connectivity index (χ0n) is 16.1. The van der Waals surface area contributed by atoms with Crippen molar-refractivity contribution in [1.82, 2.24) is 10.1 Å². The third-order valence-electron chi connectivity index (χ3n) is 5.19. The maximum Gasteiger partial charge on any atom is 0.264 e. The van der Waals surface area contributed by atoms with E-state index >= 15 is 0 Å². The number of aromatic nitrogens is 2. The number of furan rings is 1. The second kappa shape index (κ2) is 7.66. The average molecular weight is 444 g/mol. The van der Waals surface area contributed by atoms with Crippen LogP contribution in [0.25, 0.3) is 11.6 Å². The molecule has 2 amide bonds. The topological polar surface area (TPSA) is 98.7 Å². The Morgan fingerprint density at radius 2 is 1.90 bits per heavy atom. The van der Waals surface area contributed by atoms with Gasteiger partial charge in [-0.3, -0.25) is 9.59 Å². The molecule has 3 heterocycles. The summed E-state index contributed by atoms with van der Waals surface area (Å²) in [7, 11) is 0. The molecular weight excluding hydrogens is 429 g/mol. The van der Waals surface area contributed by atoms with E-state index in [1.807, 2.05) is 0 Å². The highest BCUT2D eigenvalue weighted by atomic mass is 35.5. The van der Waals surface area contributed by atoms with Gasteiger partial charge in [0.1, 0.15) is 11.6 Å². The summed E-state index contributed by atoms with van der Waals surface area (Å²) in [5, 5.41) is 3.77. The van der Waals surface area contributed by atoms with Crippen molar-refractivity contribution in [2.75, 3.05) is 4.90 Å². The summed E-state index contributed by atoms with van der Waals surface area (Å²) in [5.41, 5.74) is 0.722. The van der Waals surface area contributed by atoms with Crippen LogP contribution in [-0.4, -0.2) is 22.0 Å². The van der Waals surface area contributed by atoms with Crippen LogP contribution >= 0.6 is 11.6 Å². The number of benzene rings is 1. The molecule has 5 rings (SSSR count). The third kappa shape index (κ3) is 3.40. The number of rotatable bonds is 5. The zero-order valence-corrected chi connectivity index (χ0v) is 16.8. The van der Waals surface area contributed by atoms with Crippen molar-refractivity contribution < 1.29 is 27.7 Å². The van der Waals surface area contributed by atoms with Gasteiger partial charge in [-0.1, -0.05) is 16.8 Å². The Hall–Kier alpha value is -3.46. The number of hydrogen-bond donors (Lipinski definition) is 0. The molecule has 0 saturated carbocycles. The van der Waals surface area contributed by atoms with Crippen molar-refractivity contribution in [3.05, 3.63) is 58.4 Å². The number of nitrogens with zero attached hydrogens (tertiary/aromatic N) is 3. The molecule has 2 aromatic heterocycles. The highest BCUT2D eigenvalue weighted by Gasteiger charge is 2.41. The molecule has 2 aliphatic rings. The van der Waals surface area contributed by atoms with E-state index in [0.29, 0.717) is 29.7 Å². The fourth-order valence-electron chi connectivity index (χ4n) is 3.72. The van der Waals surface area contributed by atoms with Crippen LogP contribution in [0.5, 0.6) is 5.75 Å². The van der Waals surface area contributed by atoms with Crippen LogP contribution in [0.2, 0.25) is 5.02 Å². The number of halogens is 2. The van der Waals surface area contributed by atoms with Gasteiger partial charge in [0, 0.05) is 17.2 Å². The molecule has 158 valence electrons. The number of imide groups is 1. The second-order valence-corrected chi connectivity index (χ2v) is 7.53. The fourth-order valence-corrected chi connectivity index (χ4v) is 3.92. The predicted octanol–water partition coefficient (Wildman–Crippen LogP) is 4.44. The minimum Gasteiger partial charge on any atom is -0.482 e. The van der Waals surface area contributed by atoms with E-state index in [1.54, 1.807) is 12.1 Å². The standard InChI is InChI=1S/C21H15ClFN3O5/c22-13-8-14(23)15(26-20(27)11-4-1-2-5-12(11)21(26)28)9-17(13)30-10-18-24-19(25-31-18)16-6-3-7-29-16/h3,6-9H,1-2,4-5,10H2. The molecule has 31 heavy (non-hydrogen) atoms. The van der Waals surface area contributed by atoms with Gasteiger partial charge in [0.25, 0.3) is 17.7 Å². The quantitative estimate of drug-likeness (QED) is 0.537. The number of carbonyl (C=O) groups excluding carboxylic acids is 2. The maximum atomic E-state index is 14.7. The van der Waals surface area contributed by atoms with Gasteiger partial charge in [0.15, 0.2) is 12.4 Å². The van der Waals surface area contributed by atoms with Crippen molar-refractivity contribution in [3.8, 4) is 17.3 Å². The highest BCUT2D eigenvalue weighted by molar-refractivity contribution is 6.34. The lowest BCUT2D eigenvalue weighted by Crippen LogP contribution is -2.32. The minimum absolute atomic E-state index is 0.0242. The number of amides is 2. The van der Waals surface area contributed by atoms with Crippen molar-refractivity contribution in [2.45, 2.75) is 32.3 Å². The predicted molar refractivity (Wildman–Crippen MR) is 106 cm³/mol.